The van der Waals surface area contributed by atoms with Crippen LogP contribution in [0.5, 0.6) is 0 Å². The van der Waals surface area contributed by atoms with Gasteiger partial charge in [-0.15, -0.1) is 0 Å². The summed E-state index contributed by atoms with van der Waals surface area (Å²) in [5.41, 5.74) is 8.35. The first-order chi connectivity index (χ1) is 10.0. The van der Waals surface area contributed by atoms with Crippen molar-refractivity contribution in [3.8, 4) is 6.07 Å². The number of hydrogen-bond acceptors (Lipinski definition) is 5. The number of nitrogens with two attached hydrogens (primary N) is 1. The molecular formula is C15H12N4O2. The highest BCUT2D eigenvalue weighted by Gasteiger charge is 2.14. The number of allylic oxidation sites excluding steroid dienone is 1. The average Bonchev–Trinajstić information content (AvgIpc) is 2.49. The molecule has 6 nitrogen and oxygen atoms in total. The van der Waals surface area contributed by atoms with Crippen molar-refractivity contribution in [2.75, 3.05) is 0 Å². The molecule has 0 bridgehead atoms. The van der Waals surface area contributed by atoms with E-state index in [-0.39, 0.29) is 17.0 Å². The van der Waals surface area contributed by atoms with Gasteiger partial charge in [-0.05, 0) is 30.2 Å². The van der Waals surface area contributed by atoms with Gasteiger partial charge in [0, 0.05) is 30.1 Å². The number of benzene rings is 1. The second kappa shape index (κ2) is 5.84. The summed E-state index contributed by atoms with van der Waals surface area (Å²) in [6.45, 7) is 1.79. The van der Waals surface area contributed by atoms with Crippen LogP contribution in [0.25, 0.3) is 11.3 Å². The molecular weight excluding hydrogens is 268 g/mol. The van der Waals surface area contributed by atoms with E-state index in [1.807, 2.05) is 6.07 Å². The number of non-ortho nitro benzene ring substituents is 1. The Morgan fingerprint density at radius 3 is 2.57 bits per heavy atom. The molecule has 0 aliphatic rings. The van der Waals surface area contributed by atoms with E-state index in [0.717, 1.165) is 5.56 Å². The van der Waals surface area contributed by atoms with Crippen LogP contribution in [0.4, 0.5) is 5.69 Å². The average molecular weight is 280 g/mol. The molecule has 0 amide bonds. The van der Waals surface area contributed by atoms with Crippen molar-refractivity contribution in [2.45, 2.75) is 6.92 Å². The highest BCUT2D eigenvalue weighted by Crippen LogP contribution is 2.27. The van der Waals surface area contributed by atoms with Gasteiger partial charge in [0.05, 0.1) is 16.2 Å². The summed E-state index contributed by atoms with van der Waals surface area (Å²) in [7, 11) is 0. The van der Waals surface area contributed by atoms with Crippen LogP contribution in [0.2, 0.25) is 0 Å². The first-order valence-electron chi connectivity index (χ1n) is 6.10. The van der Waals surface area contributed by atoms with Crippen LogP contribution < -0.4 is 5.73 Å². The van der Waals surface area contributed by atoms with Crippen LogP contribution in [0.3, 0.4) is 0 Å². The highest BCUT2D eigenvalue weighted by atomic mass is 16.6. The number of hydrogen-bond donors (Lipinski definition) is 1. The second-order valence-corrected chi connectivity index (χ2v) is 4.39. The van der Waals surface area contributed by atoms with E-state index < -0.39 is 4.92 Å². The van der Waals surface area contributed by atoms with E-state index in [1.165, 1.54) is 12.1 Å². The van der Waals surface area contributed by atoms with Crippen LogP contribution >= 0.6 is 0 Å². The molecule has 1 aromatic heterocycles. The third-order valence-corrected chi connectivity index (χ3v) is 3.07. The number of nitro groups is 1. The first-order valence-corrected chi connectivity index (χ1v) is 6.10. The second-order valence-electron chi connectivity index (χ2n) is 4.39. The number of aryl methyl sites for hydroxylation is 1. The highest BCUT2D eigenvalue weighted by molar-refractivity contribution is 5.96. The molecule has 0 unspecified atom stereocenters. The summed E-state index contributed by atoms with van der Waals surface area (Å²) >= 11 is 0. The summed E-state index contributed by atoms with van der Waals surface area (Å²) in [6.07, 6.45) is 3.11. The quantitative estimate of drug-likeness (QED) is 0.528. The number of nitriles is 1. The van der Waals surface area contributed by atoms with Gasteiger partial charge in [0.1, 0.15) is 6.07 Å². The van der Waals surface area contributed by atoms with Crippen LogP contribution in [0, 0.1) is 28.4 Å². The number of nitrogens with zero attached hydrogens (tertiary/aromatic N) is 3. The van der Waals surface area contributed by atoms with Gasteiger partial charge in [0.2, 0.25) is 0 Å². The molecule has 0 saturated heterocycles. The fraction of sp³-hybridized carbons (Fsp3) is 0.0667. The van der Waals surface area contributed by atoms with Gasteiger partial charge < -0.3 is 5.73 Å². The lowest BCUT2D eigenvalue weighted by Crippen LogP contribution is -2.03. The Balaban J connectivity index is 2.64. The largest absolute Gasteiger partial charge is 0.397 e. The normalized spacial score (nSPS) is 11.4. The van der Waals surface area contributed by atoms with Crippen molar-refractivity contribution in [1.29, 1.82) is 5.26 Å². The maximum atomic E-state index is 10.9. The standard InChI is InChI=1S/C15H12N4O2/c1-10-2-3-12(19(20)21)8-13(10)15(17)14(9-16)11-4-6-18-7-5-11/h2-8H,17H2,1H3/b15-14+. The summed E-state index contributed by atoms with van der Waals surface area (Å²) < 4.78 is 0. The fourth-order valence-corrected chi connectivity index (χ4v) is 1.95. The first kappa shape index (κ1) is 14.2. The summed E-state index contributed by atoms with van der Waals surface area (Å²) in [6, 6.07) is 9.78. The molecule has 1 aromatic carbocycles. The Kier molecular flexibility index (Phi) is 3.95. The van der Waals surface area contributed by atoms with Gasteiger partial charge in [-0.2, -0.15) is 5.26 Å². The molecule has 0 radical (unpaired) electrons. The van der Waals surface area contributed by atoms with Crippen LogP contribution in [-0.4, -0.2) is 9.91 Å². The van der Waals surface area contributed by atoms with E-state index in [0.29, 0.717) is 11.1 Å². The van der Waals surface area contributed by atoms with Crippen molar-refractivity contribution in [3.05, 3.63) is 69.5 Å². The Hall–Kier alpha value is -3.20. The molecule has 0 aliphatic heterocycles. The lowest BCUT2D eigenvalue weighted by molar-refractivity contribution is -0.384. The third kappa shape index (κ3) is 2.87. The minimum absolute atomic E-state index is 0.0643. The predicted octanol–water partition coefficient (Wildman–Crippen LogP) is 2.65. The zero-order valence-electron chi connectivity index (χ0n) is 11.3. The minimum atomic E-state index is -0.491. The smallest absolute Gasteiger partial charge is 0.270 e. The number of aromatic nitrogens is 1. The van der Waals surface area contributed by atoms with Gasteiger partial charge in [0.25, 0.3) is 5.69 Å². The number of pyridine rings is 1. The Morgan fingerprint density at radius 1 is 1.33 bits per heavy atom. The molecule has 2 aromatic rings. The van der Waals surface area contributed by atoms with Gasteiger partial charge in [-0.3, -0.25) is 15.1 Å². The minimum Gasteiger partial charge on any atom is -0.397 e. The number of nitro benzene ring substituents is 1. The fourth-order valence-electron chi connectivity index (χ4n) is 1.95. The Morgan fingerprint density at radius 2 is 2.00 bits per heavy atom. The lowest BCUT2D eigenvalue weighted by Gasteiger charge is -2.09. The molecule has 2 N–H and O–H groups in total. The van der Waals surface area contributed by atoms with Crippen molar-refractivity contribution >= 4 is 17.0 Å². The lowest BCUT2D eigenvalue weighted by atomic mass is 9.98. The van der Waals surface area contributed by atoms with Gasteiger partial charge in [-0.1, -0.05) is 6.07 Å². The van der Waals surface area contributed by atoms with Crippen LogP contribution in [0.1, 0.15) is 16.7 Å². The van der Waals surface area contributed by atoms with Gasteiger partial charge in [-0.25, -0.2) is 0 Å². The maximum Gasteiger partial charge on any atom is 0.270 e. The van der Waals surface area contributed by atoms with Crippen LogP contribution in [-0.2, 0) is 0 Å². The molecule has 0 fully saturated rings. The third-order valence-electron chi connectivity index (χ3n) is 3.07. The molecule has 21 heavy (non-hydrogen) atoms. The molecule has 104 valence electrons. The van der Waals surface area contributed by atoms with Crippen molar-refractivity contribution < 1.29 is 4.92 Å². The van der Waals surface area contributed by atoms with Crippen molar-refractivity contribution in [1.82, 2.24) is 4.98 Å². The van der Waals surface area contributed by atoms with Crippen molar-refractivity contribution in [2.24, 2.45) is 5.73 Å². The Labute approximate surface area is 121 Å². The molecule has 0 spiro atoms. The van der Waals surface area contributed by atoms with E-state index in [2.05, 4.69) is 4.98 Å². The molecule has 0 aliphatic carbocycles. The van der Waals surface area contributed by atoms with Crippen molar-refractivity contribution in [3.63, 3.8) is 0 Å². The topological polar surface area (TPSA) is 106 Å². The number of rotatable bonds is 3. The van der Waals surface area contributed by atoms with Gasteiger partial charge in [0.15, 0.2) is 0 Å². The summed E-state index contributed by atoms with van der Waals surface area (Å²) in [4.78, 5) is 14.3. The molecule has 0 atom stereocenters. The van der Waals surface area contributed by atoms with Crippen LogP contribution in [0.15, 0.2) is 42.7 Å². The van der Waals surface area contributed by atoms with Gasteiger partial charge >= 0.3 is 0 Å². The maximum absolute atomic E-state index is 10.9. The van der Waals surface area contributed by atoms with E-state index in [4.69, 9.17) is 5.73 Å². The summed E-state index contributed by atoms with van der Waals surface area (Å²) in [5, 5.41) is 20.2. The molecule has 2 rings (SSSR count). The SMILES string of the molecule is Cc1ccc([N+](=O)[O-])cc1/C(N)=C(/C#N)c1ccncc1. The van der Waals surface area contributed by atoms with E-state index >= 15 is 0 Å². The predicted molar refractivity (Wildman–Crippen MR) is 78.7 cm³/mol. The monoisotopic (exact) mass is 280 g/mol. The molecule has 0 saturated carbocycles. The molecule has 6 heteroatoms. The molecule has 1 heterocycles. The Bertz CT molecular complexity index is 761. The zero-order valence-corrected chi connectivity index (χ0v) is 11.3. The summed E-state index contributed by atoms with van der Waals surface area (Å²) in [5.74, 6) is 0. The van der Waals surface area contributed by atoms with E-state index in [1.54, 1.807) is 37.5 Å². The zero-order chi connectivity index (χ0) is 15.4. The van der Waals surface area contributed by atoms with E-state index in [9.17, 15) is 15.4 Å².